The van der Waals surface area contributed by atoms with Gasteiger partial charge in [0.1, 0.15) is 73.4 Å². The van der Waals surface area contributed by atoms with Crippen molar-refractivity contribution < 1.29 is 36.8 Å². The molecule has 0 radical (unpaired) electrons. The van der Waals surface area contributed by atoms with Crippen LogP contribution in [-0.2, 0) is 9.84 Å². The molecule has 15 aromatic rings. The number of sulfone groups is 1. The van der Waals surface area contributed by atoms with E-state index >= 15 is 0 Å². The van der Waals surface area contributed by atoms with Crippen LogP contribution in [0.5, 0.6) is 0 Å². The van der Waals surface area contributed by atoms with Gasteiger partial charge in [0, 0.05) is 69.6 Å². The van der Waals surface area contributed by atoms with Gasteiger partial charge in [-0.2, -0.15) is 54.2 Å². The first-order chi connectivity index (χ1) is 61.6. The van der Waals surface area contributed by atoms with E-state index in [1.807, 2.05) is 100 Å². The van der Waals surface area contributed by atoms with Crippen LogP contribution in [0, 0.1) is 61.3 Å². The number of nitrogens with one attached hydrogen (secondary N) is 6. The molecule has 42 heteroatoms. The zero-order chi connectivity index (χ0) is 90.8. The molecule has 0 unspecified atom stereocenters. The van der Waals surface area contributed by atoms with Gasteiger partial charge in [0.25, 0.3) is 29.5 Å². The van der Waals surface area contributed by atoms with Gasteiger partial charge in [0.2, 0.25) is 35.7 Å². The molecular weight excluding hydrogens is 1690 g/mol. The third-order valence-electron chi connectivity index (χ3n) is 17.8. The number of aromatic nitrogens is 23. The highest BCUT2D eigenvalue weighted by Gasteiger charge is 2.23. The van der Waals surface area contributed by atoms with Crippen LogP contribution in [0.2, 0.25) is 0 Å². The largest absolute Gasteiger partial charge is 0.369 e. The molecule has 38 nitrogen and oxygen atoms in total. The molecule has 128 heavy (non-hydrogen) atoms. The number of likely N-dealkylation sites (N-methyl/N-ethyl adjacent to an activating group) is 1. The van der Waals surface area contributed by atoms with Gasteiger partial charge < -0.3 is 15.1 Å². The Hall–Kier alpha value is -15.6. The maximum Gasteiger partial charge on any atom is 0.268 e. The Bertz CT molecular complexity index is 6530. The van der Waals surface area contributed by atoms with E-state index in [4.69, 9.17) is 0 Å². The molecule has 1 fully saturated rings. The Labute approximate surface area is 741 Å². The third kappa shape index (κ3) is 26.3. The molecule has 1 saturated heterocycles. The molecule has 16 rings (SSSR count). The fourth-order valence-corrected chi connectivity index (χ4v) is 14.4. The highest BCUT2D eigenvalue weighted by atomic mass is 32.2. The van der Waals surface area contributed by atoms with Gasteiger partial charge in [0.15, 0.2) is 39.0 Å². The summed E-state index contributed by atoms with van der Waals surface area (Å²) < 4.78 is 36.7. The van der Waals surface area contributed by atoms with E-state index in [0.717, 1.165) is 61.0 Å². The van der Waals surface area contributed by atoms with Crippen molar-refractivity contribution in [3.63, 3.8) is 0 Å². The van der Waals surface area contributed by atoms with Gasteiger partial charge in [0.05, 0.1) is 37.8 Å². The quantitative estimate of drug-likeness (QED) is 0.0364. The predicted octanol–water partition coefficient (Wildman–Crippen LogP) is 12.2. The van der Waals surface area contributed by atoms with E-state index in [9.17, 15) is 36.8 Å². The van der Waals surface area contributed by atoms with Crippen LogP contribution < -0.4 is 36.8 Å². The summed E-state index contributed by atoms with van der Waals surface area (Å²) in [6.07, 6.45) is 14.2. The lowest BCUT2D eigenvalue weighted by molar-refractivity contribution is 0.101. The Morgan fingerprint density at radius 2 is 0.781 bits per heavy atom. The van der Waals surface area contributed by atoms with Crippen molar-refractivity contribution in [3.05, 3.63) is 267 Å². The lowest BCUT2D eigenvalue weighted by Gasteiger charge is -2.28. The second kappa shape index (κ2) is 43.7. The van der Waals surface area contributed by atoms with Crippen LogP contribution in [0.1, 0.15) is 116 Å². The first-order valence-corrected chi connectivity index (χ1v) is 43.0. The van der Waals surface area contributed by atoms with Crippen molar-refractivity contribution in [3.8, 4) is 57.6 Å². The zero-order valence-corrected chi connectivity index (χ0v) is 73.4. The summed E-state index contributed by atoms with van der Waals surface area (Å²) in [4.78, 5) is 164. The lowest BCUT2D eigenvalue weighted by Crippen LogP contribution is -2.30. The summed E-state index contributed by atoms with van der Waals surface area (Å²) in [6, 6.07) is 41.9. The number of amides is 5. The van der Waals surface area contributed by atoms with Crippen LogP contribution in [0.25, 0.3) is 57.6 Å². The van der Waals surface area contributed by atoms with Gasteiger partial charge in [-0.1, -0.05) is 30.3 Å². The average molecular weight is 1780 g/mol. The third-order valence-corrected chi connectivity index (χ3v) is 21.7. The number of aryl methyl sites for hydroxylation is 8. The summed E-state index contributed by atoms with van der Waals surface area (Å²) in [6.45, 7) is 17.8. The van der Waals surface area contributed by atoms with Gasteiger partial charge in [-0.25, -0.2) is 48.3 Å². The number of pyridine rings is 8. The number of nitrogens with zero attached hydrogens (tertiary/aromatic N) is 25. The number of thiophene rings is 2. The summed E-state index contributed by atoms with van der Waals surface area (Å²) >= 11 is 2.27. The second-order valence-corrected chi connectivity index (χ2v) is 32.3. The van der Waals surface area contributed by atoms with Crippen LogP contribution in [0.4, 0.5) is 45.8 Å². The number of hydrogen-bond acceptors (Lipinski definition) is 35. The number of hydrogen-bond donors (Lipinski definition) is 6. The minimum Gasteiger partial charge on any atom is -0.369 e. The molecule has 0 atom stereocenters. The van der Waals surface area contributed by atoms with E-state index in [1.165, 1.54) is 61.1 Å². The molecule has 650 valence electrons. The second-order valence-electron chi connectivity index (χ2n) is 28.1. The smallest absolute Gasteiger partial charge is 0.268 e. The molecule has 1 aliphatic heterocycles. The van der Waals surface area contributed by atoms with Crippen LogP contribution in [-0.4, -0.2) is 204 Å². The summed E-state index contributed by atoms with van der Waals surface area (Å²) in [5.41, 5.74) is 5.97. The molecule has 0 spiro atoms. The zero-order valence-electron chi connectivity index (χ0n) is 71.0. The molecule has 16 heterocycles. The van der Waals surface area contributed by atoms with Crippen LogP contribution in [0.15, 0.2) is 192 Å². The minimum atomic E-state index is -3.35. The Morgan fingerprint density at radius 3 is 1.13 bits per heavy atom. The van der Waals surface area contributed by atoms with Crippen molar-refractivity contribution in [2.45, 2.75) is 78.9 Å². The summed E-state index contributed by atoms with van der Waals surface area (Å²) in [5, 5.41) is 18.3. The van der Waals surface area contributed by atoms with Crippen molar-refractivity contribution in [2.24, 2.45) is 0 Å². The van der Waals surface area contributed by atoms with E-state index in [1.54, 1.807) is 127 Å². The predicted molar refractivity (Wildman–Crippen MR) is 480 cm³/mol. The van der Waals surface area contributed by atoms with E-state index in [0.29, 0.717) is 114 Å². The van der Waals surface area contributed by atoms with Crippen LogP contribution >= 0.6 is 22.7 Å². The number of rotatable bonds is 21. The highest BCUT2D eigenvalue weighted by molar-refractivity contribution is 7.92. The van der Waals surface area contributed by atoms with Crippen molar-refractivity contribution >= 4 is 103 Å². The number of halogens is 1. The molecule has 1 aliphatic rings. The minimum absolute atomic E-state index is 0.0198. The number of carbonyl (C=O) groups is 5. The molecule has 0 bridgehead atoms. The first-order valence-electron chi connectivity index (χ1n) is 39.4. The monoisotopic (exact) mass is 1780 g/mol. The number of piperidine rings is 1. The molecule has 5 amide bonds. The fraction of sp³-hybridized carbons (Fsp3) is 0.209. The van der Waals surface area contributed by atoms with Crippen molar-refractivity contribution in [1.82, 2.24) is 120 Å². The maximum atomic E-state index is 13.5. The van der Waals surface area contributed by atoms with Gasteiger partial charge in [-0.05, 0) is 215 Å². The Kier molecular flexibility index (Phi) is 31.3. The van der Waals surface area contributed by atoms with E-state index in [2.05, 4.69) is 156 Å². The fourth-order valence-electron chi connectivity index (χ4n) is 11.8. The normalized spacial score (nSPS) is 11.5. The molecule has 0 saturated carbocycles. The topological polar surface area (TPSA) is 495 Å². The molecule has 6 N–H and O–H groups in total. The van der Waals surface area contributed by atoms with Crippen molar-refractivity contribution in [2.75, 3.05) is 83.3 Å². The molecule has 15 aromatic heterocycles. The summed E-state index contributed by atoms with van der Waals surface area (Å²) in [5.74, 6) is 3.75. The summed E-state index contributed by atoms with van der Waals surface area (Å²) in [7, 11) is 0.671. The highest BCUT2D eigenvalue weighted by Crippen LogP contribution is 2.27. The van der Waals surface area contributed by atoms with E-state index < -0.39 is 27.6 Å². The first kappa shape index (κ1) is 91.6. The average Bonchev–Trinajstić information content (AvgIpc) is 1.71. The molecular formula is C86H84FN31O7S3. The molecule has 0 aliphatic carbocycles. The molecule has 0 aromatic carbocycles. The number of carbonyl (C=O) groups excluding carboxylic acids is 5. The van der Waals surface area contributed by atoms with Gasteiger partial charge >= 0.3 is 0 Å². The van der Waals surface area contributed by atoms with Crippen molar-refractivity contribution in [1.29, 1.82) is 0 Å². The Balaban J connectivity index is 0.000000146. The maximum absolute atomic E-state index is 13.5. The Morgan fingerprint density at radius 1 is 0.398 bits per heavy atom. The van der Waals surface area contributed by atoms with Crippen LogP contribution in [0.3, 0.4) is 0 Å². The lowest BCUT2D eigenvalue weighted by atomic mass is 10.1. The van der Waals surface area contributed by atoms with E-state index in [-0.39, 0.29) is 62.1 Å². The number of anilines is 7. The van der Waals surface area contributed by atoms with Gasteiger partial charge in [-0.15, -0.1) is 22.7 Å². The van der Waals surface area contributed by atoms with Gasteiger partial charge in [-0.3, -0.25) is 75.5 Å². The standard InChI is InChI=1S/C21H23N7O.C20H24N8O.C15H11FN6O.C15H13N5O3S2.C15H13N5OS/c1-14-16(9-10-18(23-14)28-12-6-3-7-13-28)20(29)27-21-25-15(2)24-19(26-21)17-8-4-5-11-22-17;1-13-15(8-9-17(23-13)22-11-12-28(3)4)19(29)27-20-25-14(2)24-18(26-20)16-7-5-6-10-21-16;1-9-19-13(11-6-2-3-7-17-11)21-15(20-9)22-14(23)10-5-4-8-18-12(10)16;1-9-17-13(10-5-3-4-8-16-10)19-15(18-9)20-14(21)11-6-7-12(24-11)25(2,22)23;1-9-6-8-22-12(9)14(21)20-15-18-10(2)17-13(19-15)11-5-3-4-7-16-11/h4-5,8-11H,3,6-7,12-13H2,1-2H3,(H,24,25,26,27,29);5-10H,11-12H2,1-4H3,(H,22,23)(H,24,25,26,27,29);2-8H,1H3,(H,19,20,21,22,23);3-8H,1-2H3,(H,17,18,19,20,21);3-8H,1-2H3,(H,17,18,19,20,21). The SMILES string of the molecule is Cc1nc(NC(=O)c2ccc(N3CCCCC3)nc2C)nc(-c2ccccn2)n1.Cc1nc(NC(=O)c2ccc(NCCN(C)C)nc2C)nc(-c2ccccn2)n1.Cc1nc(NC(=O)c2ccc(S(C)(=O)=O)s2)nc(-c2ccccn2)n1.Cc1nc(NC(=O)c2cccnc2F)nc(-c2ccccn2)n1.Cc1nc(NC(=O)c2sccc2C)nc(-c2ccccn2)n1.